The molecule has 1 aliphatic heterocycles. The van der Waals surface area contributed by atoms with Crippen molar-refractivity contribution in [3.05, 3.63) is 0 Å². The highest BCUT2D eigenvalue weighted by molar-refractivity contribution is 5.76. The molecule has 0 aromatic rings. The predicted molar refractivity (Wildman–Crippen MR) is 70.3 cm³/mol. The summed E-state index contributed by atoms with van der Waals surface area (Å²) in [6, 6.07) is 0. The van der Waals surface area contributed by atoms with Gasteiger partial charge >= 0.3 is 0 Å². The van der Waals surface area contributed by atoms with Crippen molar-refractivity contribution >= 4 is 5.91 Å². The quantitative estimate of drug-likeness (QED) is 0.642. The van der Waals surface area contributed by atoms with Crippen LogP contribution in [0.25, 0.3) is 0 Å². The van der Waals surface area contributed by atoms with Crippen LogP contribution in [0.15, 0.2) is 0 Å². The van der Waals surface area contributed by atoms with Crippen LogP contribution in [-0.4, -0.2) is 61.9 Å². The number of methoxy groups -OCH3 is 1. The molecule has 0 aromatic heterocycles. The molecule has 0 bridgehead atoms. The van der Waals surface area contributed by atoms with Crippen molar-refractivity contribution in [3.63, 3.8) is 0 Å². The Kier molecular flexibility index (Phi) is 7.23. The van der Waals surface area contributed by atoms with Crippen molar-refractivity contribution in [2.75, 3.05) is 39.9 Å². The fourth-order valence-corrected chi connectivity index (χ4v) is 2.13. The van der Waals surface area contributed by atoms with E-state index in [2.05, 4.69) is 12.2 Å². The van der Waals surface area contributed by atoms with Gasteiger partial charge < -0.3 is 20.1 Å². The second kappa shape index (κ2) is 8.45. The molecule has 1 heterocycles. The van der Waals surface area contributed by atoms with Crippen LogP contribution >= 0.6 is 0 Å². The zero-order chi connectivity index (χ0) is 13.4. The molecular formula is C13H26N2O3. The minimum atomic E-state index is -0.501. The Morgan fingerprint density at radius 2 is 2.33 bits per heavy atom. The molecule has 0 radical (unpaired) electrons. The van der Waals surface area contributed by atoms with Gasteiger partial charge in [-0.05, 0) is 18.8 Å². The maximum absolute atomic E-state index is 11.8. The predicted octanol–water partition coefficient (Wildman–Crippen LogP) is 0.232. The number of hydrogen-bond acceptors (Lipinski definition) is 4. The molecule has 0 spiro atoms. The third-order valence-electron chi connectivity index (χ3n) is 3.39. The van der Waals surface area contributed by atoms with E-state index in [1.165, 1.54) is 0 Å². The number of aliphatic hydroxyl groups is 1. The van der Waals surface area contributed by atoms with Crippen LogP contribution in [0, 0.1) is 5.92 Å². The third-order valence-corrected chi connectivity index (χ3v) is 3.39. The molecule has 1 rings (SSSR count). The molecule has 5 heteroatoms. The largest absolute Gasteiger partial charge is 0.390 e. The van der Waals surface area contributed by atoms with Gasteiger partial charge in [-0.2, -0.15) is 0 Å². The van der Waals surface area contributed by atoms with Gasteiger partial charge in [-0.3, -0.25) is 4.79 Å². The zero-order valence-electron chi connectivity index (χ0n) is 11.5. The van der Waals surface area contributed by atoms with Crippen molar-refractivity contribution < 1.29 is 14.6 Å². The maximum Gasteiger partial charge on any atom is 0.222 e. The molecule has 18 heavy (non-hydrogen) atoms. The molecule has 0 saturated carbocycles. The number of nitrogens with zero attached hydrogens (tertiary/aromatic N) is 1. The van der Waals surface area contributed by atoms with Crippen molar-refractivity contribution in [1.82, 2.24) is 10.2 Å². The Hall–Kier alpha value is -0.650. The summed E-state index contributed by atoms with van der Waals surface area (Å²) in [5.41, 5.74) is 0. The highest BCUT2D eigenvalue weighted by Gasteiger charge is 2.21. The molecule has 2 atom stereocenters. The lowest BCUT2D eigenvalue weighted by Gasteiger charge is -2.24. The highest BCUT2D eigenvalue weighted by atomic mass is 16.5. The fourth-order valence-electron chi connectivity index (χ4n) is 2.13. The van der Waals surface area contributed by atoms with E-state index >= 15 is 0 Å². The number of rotatable bonds is 7. The first-order chi connectivity index (χ1) is 8.63. The molecule has 1 saturated heterocycles. The normalized spacial score (nSPS) is 22.9. The van der Waals surface area contributed by atoms with Crippen LogP contribution in [0.4, 0.5) is 0 Å². The van der Waals surface area contributed by atoms with Gasteiger partial charge in [0.1, 0.15) is 0 Å². The van der Waals surface area contributed by atoms with Crippen molar-refractivity contribution in [1.29, 1.82) is 0 Å². The number of β-amino-alcohol motifs (C(OH)–C–C–N with tert-alkyl or cyclic N) is 1. The molecule has 0 aliphatic carbocycles. The first kappa shape index (κ1) is 15.4. The number of amides is 1. The van der Waals surface area contributed by atoms with Gasteiger partial charge in [0, 0.05) is 39.7 Å². The van der Waals surface area contributed by atoms with Crippen LogP contribution < -0.4 is 5.32 Å². The Morgan fingerprint density at radius 3 is 3.06 bits per heavy atom. The third kappa shape index (κ3) is 5.80. The molecule has 0 aromatic carbocycles. The minimum absolute atomic E-state index is 0.176. The van der Waals surface area contributed by atoms with Crippen LogP contribution in [-0.2, 0) is 9.53 Å². The van der Waals surface area contributed by atoms with Crippen molar-refractivity contribution in [3.8, 4) is 0 Å². The molecule has 2 unspecified atom stereocenters. The smallest absolute Gasteiger partial charge is 0.222 e. The second-order valence-corrected chi connectivity index (χ2v) is 5.12. The number of hydrogen-bond donors (Lipinski definition) is 2. The second-order valence-electron chi connectivity index (χ2n) is 5.12. The van der Waals surface area contributed by atoms with Crippen LogP contribution in [0.1, 0.15) is 26.2 Å². The van der Waals surface area contributed by atoms with Crippen molar-refractivity contribution in [2.45, 2.75) is 32.3 Å². The van der Waals surface area contributed by atoms with Crippen LogP contribution in [0.3, 0.4) is 0 Å². The molecule has 1 amide bonds. The van der Waals surface area contributed by atoms with E-state index in [1.54, 1.807) is 12.0 Å². The Balaban J connectivity index is 2.24. The van der Waals surface area contributed by atoms with Gasteiger partial charge in [-0.1, -0.05) is 6.92 Å². The molecule has 5 nitrogen and oxygen atoms in total. The van der Waals surface area contributed by atoms with E-state index < -0.39 is 6.10 Å². The number of ether oxygens (including phenoxy) is 1. The number of carbonyl (C=O) groups is 1. The SMILES string of the molecule is COCCNCC(O)CN1CCC(C)CCC1=O. The summed E-state index contributed by atoms with van der Waals surface area (Å²) in [4.78, 5) is 13.6. The number of likely N-dealkylation sites (tertiary alicyclic amines) is 1. The van der Waals surface area contributed by atoms with E-state index in [0.29, 0.717) is 32.0 Å². The number of carbonyl (C=O) groups excluding carboxylic acids is 1. The van der Waals surface area contributed by atoms with Gasteiger partial charge in [0.25, 0.3) is 0 Å². The molecule has 1 fully saturated rings. The average molecular weight is 258 g/mol. The lowest BCUT2D eigenvalue weighted by Crippen LogP contribution is -2.41. The van der Waals surface area contributed by atoms with E-state index in [0.717, 1.165) is 25.9 Å². The van der Waals surface area contributed by atoms with Crippen LogP contribution in [0.2, 0.25) is 0 Å². The van der Waals surface area contributed by atoms with E-state index in [9.17, 15) is 9.90 Å². The zero-order valence-corrected chi connectivity index (χ0v) is 11.5. The van der Waals surface area contributed by atoms with E-state index in [4.69, 9.17) is 4.74 Å². The monoisotopic (exact) mass is 258 g/mol. The molecule has 2 N–H and O–H groups in total. The topological polar surface area (TPSA) is 61.8 Å². The summed E-state index contributed by atoms with van der Waals surface area (Å²) in [5, 5.41) is 13.0. The van der Waals surface area contributed by atoms with Gasteiger partial charge in [-0.15, -0.1) is 0 Å². The van der Waals surface area contributed by atoms with E-state index in [1.807, 2.05) is 0 Å². The Morgan fingerprint density at radius 1 is 1.56 bits per heavy atom. The fraction of sp³-hybridized carbons (Fsp3) is 0.923. The summed E-state index contributed by atoms with van der Waals surface area (Å²) in [6.45, 7) is 5.24. The van der Waals surface area contributed by atoms with E-state index in [-0.39, 0.29) is 5.91 Å². The van der Waals surface area contributed by atoms with Gasteiger partial charge in [-0.25, -0.2) is 0 Å². The number of aliphatic hydroxyl groups excluding tert-OH is 1. The summed E-state index contributed by atoms with van der Waals surface area (Å²) >= 11 is 0. The number of nitrogens with one attached hydrogen (secondary N) is 1. The minimum Gasteiger partial charge on any atom is -0.390 e. The molecule has 106 valence electrons. The summed E-state index contributed by atoms with van der Waals surface area (Å²) in [6.07, 6.45) is 2.12. The summed E-state index contributed by atoms with van der Waals surface area (Å²) in [5.74, 6) is 0.784. The van der Waals surface area contributed by atoms with Gasteiger partial charge in [0.2, 0.25) is 5.91 Å². The lowest BCUT2D eigenvalue weighted by atomic mass is 10.0. The maximum atomic E-state index is 11.8. The first-order valence-electron chi connectivity index (χ1n) is 6.79. The summed E-state index contributed by atoms with van der Waals surface area (Å²) < 4.78 is 4.91. The Labute approximate surface area is 109 Å². The summed E-state index contributed by atoms with van der Waals surface area (Å²) in [7, 11) is 1.65. The molecular weight excluding hydrogens is 232 g/mol. The standard InChI is InChI=1S/C13H26N2O3/c1-11-3-4-13(17)15(7-5-11)10-12(16)9-14-6-8-18-2/h11-12,14,16H,3-10H2,1-2H3. The van der Waals surface area contributed by atoms with Crippen LogP contribution in [0.5, 0.6) is 0 Å². The van der Waals surface area contributed by atoms with Gasteiger partial charge in [0.05, 0.1) is 12.7 Å². The lowest BCUT2D eigenvalue weighted by molar-refractivity contribution is -0.132. The molecule has 1 aliphatic rings. The Bertz CT molecular complexity index is 248. The van der Waals surface area contributed by atoms with Crippen molar-refractivity contribution in [2.24, 2.45) is 5.92 Å². The highest BCUT2D eigenvalue weighted by Crippen LogP contribution is 2.17. The van der Waals surface area contributed by atoms with Gasteiger partial charge in [0.15, 0.2) is 0 Å². The first-order valence-corrected chi connectivity index (χ1v) is 6.79. The average Bonchev–Trinajstić information content (AvgIpc) is 2.50.